The summed E-state index contributed by atoms with van der Waals surface area (Å²) >= 11 is 0. The molecule has 9 heteroatoms. The number of hydrogen-bond acceptors (Lipinski definition) is 3. The first kappa shape index (κ1) is 25.2. The Balaban J connectivity index is 1.07. The number of carbonyl (C=O) groups excluding carboxylic acids is 2. The van der Waals surface area contributed by atoms with Crippen LogP contribution < -0.4 is 0 Å². The van der Waals surface area contributed by atoms with Crippen LogP contribution >= 0.6 is 0 Å². The molecule has 39 heavy (non-hydrogen) atoms. The molecule has 0 aliphatic carbocycles. The van der Waals surface area contributed by atoms with Gasteiger partial charge in [0.2, 0.25) is 0 Å². The second-order valence-electron chi connectivity index (χ2n) is 10.1. The predicted molar refractivity (Wildman–Crippen MR) is 142 cm³/mol. The summed E-state index contributed by atoms with van der Waals surface area (Å²) in [5.74, 6) is -0.0159. The van der Waals surface area contributed by atoms with Crippen LogP contribution in [-0.4, -0.2) is 76.8 Å². The molecule has 3 heterocycles. The minimum absolute atomic E-state index is 0.0524. The van der Waals surface area contributed by atoms with Crippen molar-refractivity contribution in [2.75, 3.05) is 39.3 Å². The third kappa shape index (κ3) is 4.90. The summed E-state index contributed by atoms with van der Waals surface area (Å²) in [5.41, 5.74) is 2.36. The lowest BCUT2D eigenvalue weighted by Gasteiger charge is -2.48. The van der Waals surface area contributed by atoms with E-state index in [9.17, 15) is 22.8 Å². The van der Waals surface area contributed by atoms with E-state index < -0.39 is 11.7 Å². The van der Waals surface area contributed by atoms with E-state index in [-0.39, 0.29) is 17.9 Å². The highest BCUT2D eigenvalue weighted by Gasteiger charge is 2.37. The molecular weight excluding hydrogens is 505 g/mol. The smallest absolute Gasteiger partial charge is 0.361 e. The number of fused-ring (bicyclic) bond motifs is 1. The maximum atomic E-state index is 13.2. The highest BCUT2D eigenvalue weighted by Crippen LogP contribution is 2.35. The third-order valence-corrected chi connectivity index (χ3v) is 7.72. The van der Waals surface area contributed by atoms with Crippen molar-refractivity contribution in [3.63, 3.8) is 0 Å². The van der Waals surface area contributed by atoms with Crippen LogP contribution in [0.25, 0.3) is 22.0 Å². The Kier molecular flexibility index (Phi) is 6.38. The van der Waals surface area contributed by atoms with Gasteiger partial charge in [0, 0.05) is 79.1 Å². The van der Waals surface area contributed by atoms with Crippen LogP contribution in [0, 0.1) is 0 Å². The number of rotatable bonds is 4. The van der Waals surface area contributed by atoms with Crippen LogP contribution in [0.2, 0.25) is 0 Å². The minimum Gasteiger partial charge on any atom is -0.361 e. The molecule has 2 amide bonds. The number of aromatic amines is 1. The monoisotopic (exact) mass is 532 g/mol. The fourth-order valence-corrected chi connectivity index (χ4v) is 5.45. The maximum Gasteiger partial charge on any atom is 0.416 e. The van der Waals surface area contributed by atoms with Gasteiger partial charge < -0.3 is 14.8 Å². The normalized spacial score (nSPS) is 16.9. The van der Waals surface area contributed by atoms with Crippen molar-refractivity contribution in [1.82, 2.24) is 19.7 Å². The maximum absolute atomic E-state index is 13.2. The molecule has 1 aromatic heterocycles. The van der Waals surface area contributed by atoms with Gasteiger partial charge in [0.1, 0.15) is 0 Å². The van der Waals surface area contributed by atoms with Gasteiger partial charge in [-0.1, -0.05) is 36.4 Å². The zero-order valence-corrected chi connectivity index (χ0v) is 21.1. The third-order valence-electron chi connectivity index (χ3n) is 7.72. The first-order valence-electron chi connectivity index (χ1n) is 12.9. The molecule has 200 valence electrons. The van der Waals surface area contributed by atoms with Gasteiger partial charge in [-0.2, -0.15) is 13.2 Å². The van der Waals surface area contributed by atoms with E-state index in [0.29, 0.717) is 53.9 Å². The van der Waals surface area contributed by atoms with Crippen LogP contribution in [0.5, 0.6) is 0 Å². The second-order valence-corrected chi connectivity index (χ2v) is 10.1. The Morgan fingerprint density at radius 1 is 0.769 bits per heavy atom. The van der Waals surface area contributed by atoms with Gasteiger partial charge in [-0.05, 0) is 42.0 Å². The number of alkyl halides is 3. The fourth-order valence-electron chi connectivity index (χ4n) is 5.45. The second kappa shape index (κ2) is 9.89. The van der Waals surface area contributed by atoms with E-state index in [1.54, 1.807) is 30.5 Å². The molecule has 2 saturated heterocycles. The Morgan fingerprint density at radius 3 is 2.21 bits per heavy atom. The van der Waals surface area contributed by atoms with Crippen molar-refractivity contribution in [1.29, 1.82) is 0 Å². The Labute approximate surface area is 223 Å². The fraction of sp³-hybridized carbons (Fsp3) is 0.267. The summed E-state index contributed by atoms with van der Waals surface area (Å²) < 4.78 is 39.5. The molecular formula is C30H27F3N4O2. The van der Waals surface area contributed by atoms with Crippen molar-refractivity contribution in [2.45, 2.75) is 12.2 Å². The Morgan fingerprint density at radius 2 is 1.49 bits per heavy atom. The topological polar surface area (TPSA) is 59.7 Å². The quantitative estimate of drug-likeness (QED) is 0.396. The number of nitrogens with one attached hydrogen (secondary N) is 1. The number of aromatic nitrogens is 1. The van der Waals surface area contributed by atoms with E-state index in [1.807, 2.05) is 40.1 Å². The number of amides is 2. The first-order valence-corrected chi connectivity index (χ1v) is 12.9. The number of halogens is 3. The molecule has 4 aromatic rings. The molecule has 0 bridgehead atoms. The molecule has 1 N–H and O–H groups in total. The first-order chi connectivity index (χ1) is 18.8. The largest absolute Gasteiger partial charge is 0.416 e. The van der Waals surface area contributed by atoms with Crippen LogP contribution in [0.4, 0.5) is 13.2 Å². The lowest BCUT2D eigenvalue weighted by Crippen LogP contribution is -2.64. The van der Waals surface area contributed by atoms with Crippen LogP contribution in [0.3, 0.4) is 0 Å². The van der Waals surface area contributed by atoms with Crippen LogP contribution in [0.15, 0.2) is 79.0 Å². The predicted octanol–water partition coefficient (Wildman–Crippen LogP) is 5.14. The summed E-state index contributed by atoms with van der Waals surface area (Å²) in [6.45, 7) is 4.13. The van der Waals surface area contributed by atoms with Gasteiger partial charge in [0.15, 0.2) is 0 Å². The molecule has 0 unspecified atom stereocenters. The Hall–Kier alpha value is -4.11. The van der Waals surface area contributed by atoms with Gasteiger partial charge >= 0.3 is 6.18 Å². The van der Waals surface area contributed by atoms with Crippen molar-refractivity contribution in [3.05, 3.63) is 95.7 Å². The van der Waals surface area contributed by atoms with E-state index in [2.05, 4.69) is 9.88 Å². The summed E-state index contributed by atoms with van der Waals surface area (Å²) in [6, 6.07) is 20.1. The average molecular weight is 533 g/mol. The van der Waals surface area contributed by atoms with E-state index >= 15 is 0 Å². The summed E-state index contributed by atoms with van der Waals surface area (Å²) in [7, 11) is 0. The zero-order chi connectivity index (χ0) is 27.1. The van der Waals surface area contributed by atoms with E-state index in [1.165, 1.54) is 6.07 Å². The number of hydrogen-bond donors (Lipinski definition) is 1. The molecule has 0 atom stereocenters. The molecule has 0 spiro atoms. The van der Waals surface area contributed by atoms with Gasteiger partial charge in [-0.3, -0.25) is 14.5 Å². The van der Waals surface area contributed by atoms with Crippen LogP contribution in [0.1, 0.15) is 26.3 Å². The number of H-pyrrole nitrogens is 1. The van der Waals surface area contributed by atoms with Gasteiger partial charge in [-0.15, -0.1) is 0 Å². The number of piperazine rings is 1. The minimum atomic E-state index is -4.41. The van der Waals surface area contributed by atoms with Gasteiger partial charge in [0.25, 0.3) is 11.8 Å². The highest BCUT2D eigenvalue weighted by atomic mass is 19.4. The van der Waals surface area contributed by atoms with Crippen molar-refractivity contribution in [2.24, 2.45) is 0 Å². The molecule has 2 aliphatic heterocycles. The number of likely N-dealkylation sites (tertiary alicyclic amines) is 1. The van der Waals surface area contributed by atoms with Crippen molar-refractivity contribution in [3.8, 4) is 11.1 Å². The van der Waals surface area contributed by atoms with Crippen molar-refractivity contribution < 1.29 is 22.8 Å². The van der Waals surface area contributed by atoms with Gasteiger partial charge in [-0.25, -0.2) is 0 Å². The molecule has 0 radical (unpaired) electrons. The molecule has 2 fully saturated rings. The number of benzene rings is 3. The van der Waals surface area contributed by atoms with E-state index in [4.69, 9.17) is 0 Å². The summed E-state index contributed by atoms with van der Waals surface area (Å²) in [5, 5.41) is 0.760. The standard InChI is InChI=1S/C30H27F3N4O2/c31-30(32,33)23-8-4-7-21(15-23)26-17-34-27-16-22(9-10-25(26)27)29(39)37-18-24(19-37)35-11-13-36(14-12-35)28(38)20-5-2-1-3-6-20/h1-10,15-17,24,34H,11-14,18-19H2. The molecule has 0 saturated carbocycles. The number of nitrogens with zero attached hydrogens (tertiary/aromatic N) is 3. The Bertz CT molecular complexity index is 1520. The molecule has 6 nitrogen and oxygen atoms in total. The number of carbonyl (C=O) groups is 2. The van der Waals surface area contributed by atoms with Gasteiger partial charge in [0.05, 0.1) is 5.56 Å². The summed E-state index contributed by atoms with van der Waals surface area (Å²) in [4.78, 5) is 35.0. The average Bonchev–Trinajstić information content (AvgIpc) is 3.36. The lowest BCUT2D eigenvalue weighted by atomic mass is 10.00. The SMILES string of the molecule is O=C(c1ccccc1)N1CCN(C2CN(C(=O)c3ccc4c(-c5cccc(C(F)(F)F)c5)c[nH]c4c3)C2)CC1. The molecule has 6 rings (SSSR count). The van der Waals surface area contributed by atoms with E-state index in [0.717, 1.165) is 30.6 Å². The highest BCUT2D eigenvalue weighted by molar-refractivity contribution is 6.02. The lowest BCUT2D eigenvalue weighted by molar-refractivity contribution is -0.137. The van der Waals surface area contributed by atoms with Crippen molar-refractivity contribution >= 4 is 22.7 Å². The van der Waals surface area contributed by atoms with Crippen LogP contribution in [-0.2, 0) is 6.18 Å². The zero-order valence-electron chi connectivity index (χ0n) is 21.1. The molecule has 2 aliphatic rings. The summed E-state index contributed by atoms with van der Waals surface area (Å²) in [6.07, 6.45) is -2.74. The molecule has 3 aromatic carbocycles.